The lowest BCUT2D eigenvalue weighted by atomic mass is 10.2. The normalized spacial score (nSPS) is 9.38. The second-order valence-electron chi connectivity index (χ2n) is 4.33. The molecule has 0 heterocycles. The predicted molar refractivity (Wildman–Crippen MR) is 80.0 cm³/mol. The van der Waals surface area contributed by atoms with Gasteiger partial charge in [-0.25, -0.2) is 9.18 Å². The number of carbonyl (C=O) groups excluding carboxylic acids is 1. The molecule has 3 nitrogen and oxygen atoms in total. The number of halogens is 1. The first-order valence-electron chi connectivity index (χ1n) is 6.54. The number of carbonyl (C=O) groups is 1. The second kappa shape index (κ2) is 7.71. The Balaban J connectivity index is 1.71. The molecule has 4 heteroatoms. The molecular weight excluding hydrogens is 267 g/mol. The first kappa shape index (κ1) is 14.6. The molecule has 0 saturated carbocycles. The standard InChI is InChI=1S/C17H15FN2O/c18-16-10-8-15(9-11-16)13-20-17(21)19-12-4-7-14-5-2-1-3-6-14/h1-3,5-6,8-11H,12-13H2,(H2,19,20,21). The Morgan fingerprint density at radius 2 is 1.71 bits per heavy atom. The summed E-state index contributed by atoms with van der Waals surface area (Å²) in [6, 6.07) is 15.2. The van der Waals surface area contributed by atoms with Gasteiger partial charge in [-0.1, -0.05) is 42.2 Å². The van der Waals surface area contributed by atoms with Crippen LogP contribution in [0.5, 0.6) is 0 Å². The molecule has 0 spiro atoms. The van der Waals surface area contributed by atoms with Crippen molar-refractivity contribution in [1.29, 1.82) is 0 Å². The molecule has 0 radical (unpaired) electrons. The van der Waals surface area contributed by atoms with Crippen molar-refractivity contribution >= 4 is 6.03 Å². The van der Waals surface area contributed by atoms with Gasteiger partial charge in [0.2, 0.25) is 0 Å². The van der Waals surface area contributed by atoms with E-state index in [1.807, 2.05) is 30.3 Å². The number of rotatable bonds is 3. The average molecular weight is 282 g/mol. The van der Waals surface area contributed by atoms with E-state index in [0.717, 1.165) is 11.1 Å². The Bertz CT molecular complexity index is 642. The van der Waals surface area contributed by atoms with Crippen LogP contribution in [0, 0.1) is 17.7 Å². The predicted octanol–water partition coefficient (Wildman–Crippen LogP) is 2.68. The van der Waals surface area contributed by atoms with Crippen molar-refractivity contribution in [3.05, 3.63) is 71.5 Å². The second-order valence-corrected chi connectivity index (χ2v) is 4.33. The molecule has 0 bridgehead atoms. The molecule has 2 aromatic rings. The van der Waals surface area contributed by atoms with Crippen LogP contribution in [-0.4, -0.2) is 12.6 Å². The van der Waals surface area contributed by atoms with E-state index in [4.69, 9.17) is 0 Å². The quantitative estimate of drug-likeness (QED) is 0.835. The van der Waals surface area contributed by atoms with Crippen molar-refractivity contribution in [1.82, 2.24) is 10.6 Å². The molecule has 0 aliphatic heterocycles. The van der Waals surface area contributed by atoms with E-state index in [2.05, 4.69) is 22.5 Å². The SMILES string of the molecule is O=C(NCC#Cc1ccccc1)NCc1ccc(F)cc1. The number of urea groups is 1. The Morgan fingerprint density at radius 3 is 2.43 bits per heavy atom. The maximum atomic E-state index is 12.7. The minimum atomic E-state index is -0.304. The fourth-order valence-corrected chi connectivity index (χ4v) is 1.64. The Morgan fingerprint density at radius 1 is 1.00 bits per heavy atom. The lowest BCUT2D eigenvalue weighted by Gasteiger charge is -2.05. The highest BCUT2D eigenvalue weighted by atomic mass is 19.1. The lowest BCUT2D eigenvalue weighted by molar-refractivity contribution is 0.241. The number of nitrogens with one attached hydrogen (secondary N) is 2. The smallest absolute Gasteiger partial charge is 0.315 e. The maximum Gasteiger partial charge on any atom is 0.315 e. The minimum Gasteiger partial charge on any atom is -0.334 e. The van der Waals surface area contributed by atoms with Gasteiger partial charge in [0.25, 0.3) is 0 Å². The van der Waals surface area contributed by atoms with Crippen molar-refractivity contribution < 1.29 is 9.18 Å². The van der Waals surface area contributed by atoms with Gasteiger partial charge in [0.1, 0.15) is 5.82 Å². The average Bonchev–Trinajstić information content (AvgIpc) is 2.52. The number of hydrogen-bond acceptors (Lipinski definition) is 1. The van der Waals surface area contributed by atoms with E-state index >= 15 is 0 Å². The molecular formula is C17H15FN2O. The number of benzene rings is 2. The zero-order valence-corrected chi connectivity index (χ0v) is 11.4. The van der Waals surface area contributed by atoms with Crippen LogP contribution in [-0.2, 0) is 6.54 Å². The van der Waals surface area contributed by atoms with Crippen LogP contribution in [0.2, 0.25) is 0 Å². The molecule has 0 saturated heterocycles. The summed E-state index contributed by atoms with van der Waals surface area (Å²) < 4.78 is 12.7. The van der Waals surface area contributed by atoms with Gasteiger partial charge in [0.15, 0.2) is 0 Å². The molecule has 106 valence electrons. The van der Waals surface area contributed by atoms with Crippen molar-refractivity contribution in [3.63, 3.8) is 0 Å². The van der Waals surface area contributed by atoms with Crippen molar-refractivity contribution in [2.24, 2.45) is 0 Å². The Labute approximate surface area is 123 Å². The Hall–Kier alpha value is -2.80. The lowest BCUT2D eigenvalue weighted by Crippen LogP contribution is -2.35. The van der Waals surface area contributed by atoms with Crippen molar-refractivity contribution in [2.45, 2.75) is 6.54 Å². The summed E-state index contributed by atoms with van der Waals surface area (Å²) in [4.78, 5) is 11.5. The summed E-state index contributed by atoms with van der Waals surface area (Å²) in [7, 11) is 0. The first-order valence-corrected chi connectivity index (χ1v) is 6.54. The van der Waals surface area contributed by atoms with E-state index in [9.17, 15) is 9.18 Å². The van der Waals surface area contributed by atoms with E-state index in [1.165, 1.54) is 12.1 Å². The van der Waals surface area contributed by atoms with E-state index < -0.39 is 0 Å². The zero-order valence-electron chi connectivity index (χ0n) is 11.4. The number of amides is 2. The molecule has 21 heavy (non-hydrogen) atoms. The van der Waals surface area contributed by atoms with Crippen LogP contribution in [0.4, 0.5) is 9.18 Å². The van der Waals surface area contributed by atoms with E-state index in [-0.39, 0.29) is 18.4 Å². The highest BCUT2D eigenvalue weighted by Gasteiger charge is 1.98. The first-order chi connectivity index (χ1) is 10.2. The van der Waals surface area contributed by atoms with Gasteiger partial charge < -0.3 is 10.6 Å². The van der Waals surface area contributed by atoms with Crippen LogP contribution >= 0.6 is 0 Å². The summed E-state index contributed by atoms with van der Waals surface area (Å²) in [5.74, 6) is 5.52. The molecule has 0 unspecified atom stereocenters. The molecule has 0 aromatic heterocycles. The highest BCUT2D eigenvalue weighted by molar-refractivity contribution is 5.74. The fraction of sp³-hybridized carbons (Fsp3) is 0.118. The third-order valence-corrected chi connectivity index (χ3v) is 2.71. The molecule has 0 fully saturated rings. The molecule has 0 aliphatic carbocycles. The summed E-state index contributed by atoms with van der Waals surface area (Å²) in [6.45, 7) is 0.613. The van der Waals surface area contributed by atoms with Gasteiger partial charge in [0, 0.05) is 12.1 Å². The molecule has 2 aromatic carbocycles. The van der Waals surface area contributed by atoms with E-state index in [1.54, 1.807) is 12.1 Å². The minimum absolute atomic E-state index is 0.268. The molecule has 0 atom stereocenters. The van der Waals surface area contributed by atoms with Gasteiger partial charge >= 0.3 is 6.03 Å². The van der Waals surface area contributed by atoms with Crippen LogP contribution in [0.3, 0.4) is 0 Å². The van der Waals surface area contributed by atoms with Gasteiger partial charge in [-0.3, -0.25) is 0 Å². The van der Waals surface area contributed by atoms with Crippen LogP contribution in [0.25, 0.3) is 0 Å². The van der Waals surface area contributed by atoms with Crippen molar-refractivity contribution in [3.8, 4) is 11.8 Å². The third-order valence-electron chi connectivity index (χ3n) is 2.71. The summed E-state index contributed by atoms with van der Waals surface area (Å²) in [5, 5.41) is 5.31. The highest BCUT2D eigenvalue weighted by Crippen LogP contribution is 2.01. The third kappa shape index (κ3) is 5.37. The Kier molecular flexibility index (Phi) is 5.36. The number of hydrogen-bond donors (Lipinski definition) is 2. The van der Waals surface area contributed by atoms with Gasteiger partial charge in [-0.2, -0.15) is 0 Å². The van der Waals surface area contributed by atoms with Gasteiger partial charge in [-0.05, 0) is 29.8 Å². The maximum absolute atomic E-state index is 12.7. The fourth-order valence-electron chi connectivity index (χ4n) is 1.64. The summed E-state index contributed by atoms with van der Waals surface area (Å²) >= 11 is 0. The summed E-state index contributed by atoms with van der Waals surface area (Å²) in [5.41, 5.74) is 1.74. The van der Waals surface area contributed by atoms with Crippen molar-refractivity contribution in [2.75, 3.05) is 6.54 Å². The topological polar surface area (TPSA) is 41.1 Å². The summed E-state index contributed by atoms with van der Waals surface area (Å²) in [6.07, 6.45) is 0. The largest absolute Gasteiger partial charge is 0.334 e. The molecule has 2 amide bonds. The van der Waals surface area contributed by atoms with Gasteiger partial charge in [0.05, 0.1) is 6.54 Å². The molecule has 0 aliphatic rings. The zero-order chi connectivity index (χ0) is 14.9. The molecule has 2 N–H and O–H groups in total. The monoisotopic (exact) mass is 282 g/mol. The molecule has 2 rings (SSSR count). The van der Waals surface area contributed by atoms with E-state index in [0.29, 0.717) is 6.54 Å². The van der Waals surface area contributed by atoms with Crippen LogP contribution in [0.1, 0.15) is 11.1 Å². The van der Waals surface area contributed by atoms with Gasteiger partial charge in [-0.15, -0.1) is 0 Å². The van der Waals surface area contributed by atoms with Crippen LogP contribution in [0.15, 0.2) is 54.6 Å². The van der Waals surface area contributed by atoms with Crippen LogP contribution < -0.4 is 10.6 Å².